The Labute approximate surface area is 130 Å². The first-order valence-corrected chi connectivity index (χ1v) is 8.23. The summed E-state index contributed by atoms with van der Waals surface area (Å²) in [7, 11) is 0. The van der Waals surface area contributed by atoms with Crippen molar-refractivity contribution in [1.29, 1.82) is 5.26 Å². The van der Waals surface area contributed by atoms with Crippen LogP contribution in [0.3, 0.4) is 0 Å². The number of nitrogens with one attached hydrogen (secondary N) is 1. The smallest absolute Gasteiger partial charge is 0.408 e. The highest BCUT2D eigenvalue weighted by Gasteiger charge is 2.20. The molecule has 21 heavy (non-hydrogen) atoms. The van der Waals surface area contributed by atoms with Crippen LogP contribution in [0.15, 0.2) is 24.3 Å². The number of rotatable bonds is 5. The van der Waals surface area contributed by atoms with E-state index < -0.39 is 11.7 Å². The zero-order chi connectivity index (χ0) is 15.9. The van der Waals surface area contributed by atoms with Crippen LogP contribution < -0.4 is 5.32 Å². The number of hydrogen-bond acceptors (Lipinski definition) is 4. The van der Waals surface area contributed by atoms with Gasteiger partial charge in [0.2, 0.25) is 0 Å². The van der Waals surface area contributed by atoms with Crippen molar-refractivity contribution in [1.82, 2.24) is 5.32 Å². The molecule has 1 amide bonds. The molecule has 1 atom stereocenters. The minimum atomic E-state index is -0.515. The normalized spacial score (nSPS) is 12.3. The van der Waals surface area contributed by atoms with Crippen LogP contribution >= 0.6 is 11.8 Å². The lowest BCUT2D eigenvalue weighted by molar-refractivity contribution is 0.0502. The molecule has 0 saturated heterocycles. The summed E-state index contributed by atoms with van der Waals surface area (Å²) in [4.78, 5) is 11.9. The van der Waals surface area contributed by atoms with Crippen molar-refractivity contribution in [2.45, 2.75) is 38.8 Å². The minimum absolute atomic E-state index is 0.111. The Balaban J connectivity index is 2.79. The summed E-state index contributed by atoms with van der Waals surface area (Å²) in [6.07, 6.45) is 2.42. The molecule has 1 rings (SSSR count). The van der Waals surface area contributed by atoms with Crippen LogP contribution in [0.25, 0.3) is 0 Å². The highest BCUT2D eigenvalue weighted by molar-refractivity contribution is 7.98. The average molecular weight is 306 g/mol. The maximum atomic E-state index is 11.9. The number of thioether (sulfide) groups is 1. The molecule has 0 aliphatic heterocycles. The summed E-state index contributed by atoms with van der Waals surface area (Å²) < 4.78 is 5.31. The number of alkyl carbamates (subject to hydrolysis) is 1. The van der Waals surface area contributed by atoms with Crippen molar-refractivity contribution in [3.8, 4) is 6.07 Å². The fraction of sp³-hybridized carbons (Fsp3) is 0.500. The molecule has 0 radical (unpaired) electrons. The first kappa shape index (κ1) is 17.4. The number of hydrogen-bond donors (Lipinski definition) is 1. The van der Waals surface area contributed by atoms with Crippen molar-refractivity contribution in [3.63, 3.8) is 0 Å². The Kier molecular flexibility index (Phi) is 6.57. The van der Waals surface area contributed by atoms with Gasteiger partial charge >= 0.3 is 6.09 Å². The predicted octanol–water partition coefficient (Wildman–Crippen LogP) is 3.88. The fourth-order valence-corrected chi connectivity index (χ4v) is 2.27. The fourth-order valence-electron chi connectivity index (χ4n) is 1.80. The van der Waals surface area contributed by atoms with Gasteiger partial charge in [-0.3, -0.25) is 0 Å². The Hall–Kier alpha value is -1.67. The largest absolute Gasteiger partial charge is 0.444 e. The number of carbonyl (C=O) groups is 1. The third-order valence-corrected chi connectivity index (χ3v) is 3.39. The Morgan fingerprint density at radius 1 is 1.38 bits per heavy atom. The summed E-state index contributed by atoms with van der Waals surface area (Å²) in [5.74, 6) is 0.931. The first-order chi connectivity index (χ1) is 9.85. The third kappa shape index (κ3) is 6.54. The van der Waals surface area contributed by atoms with Gasteiger partial charge in [-0.15, -0.1) is 0 Å². The molecular formula is C16H22N2O2S. The van der Waals surface area contributed by atoms with Crippen molar-refractivity contribution in [2.75, 3.05) is 12.0 Å². The molecule has 1 unspecified atom stereocenters. The number of benzene rings is 1. The highest BCUT2D eigenvalue weighted by Crippen LogP contribution is 2.20. The molecule has 5 heteroatoms. The van der Waals surface area contributed by atoms with Crippen molar-refractivity contribution >= 4 is 17.9 Å². The van der Waals surface area contributed by atoms with Crippen LogP contribution in [0.1, 0.15) is 44.4 Å². The van der Waals surface area contributed by atoms with Crippen molar-refractivity contribution in [2.24, 2.45) is 0 Å². The number of nitriles is 1. The number of amides is 1. The van der Waals surface area contributed by atoms with Gasteiger partial charge in [0.1, 0.15) is 5.60 Å². The number of carbonyl (C=O) groups excluding carboxylic acids is 1. The summed E-state index contributed by atoms with van der Waals surface area (Å²) in [6.45, 7) is 5.52. The lowest BCUT2D eigenvalue weighted by Gasteiger charge is -2.24. The second-order valence-electron chi connectivity index (χ2n) is 5.71. The summed E-state index contributed by atoms with van der Waals surface area (Å²) in [5.41, 5.74) is 1.08. The van der Waals surface area contributed by atoms with E-state index >= 15 is 0 Å². The van der Waals surface area contributed by atoms with Crippen molar-refractivity contribution < 1.29 is 9.53 Å². The molecular weight excluding hydrogens is 284 g/mol. The summed E-state index contributed by atoms with van der Waals surface area (Å²) >= 11 is 1.73. The third-order valence-electron chi connectivity index (χ3n) is 2.74. The minimum Gasteiger partial charge on any atom is -0.444 e. The Bertz CT molecular complexity index is 500. The molecule has 4 nitrogen and oxygen atoms in total. The van der Waals surface area contributed by atoms with Crippen LogP contribution in [0.5, 0.6) is 0 Å². The lowest BCUT2D eigenvalue weighted by Crippen LogP contribution is -2.35. The van der Waals surface area contributed by atoms with Gasteiger partial charge in [-0.05, 0) is 56.9 Å². The molecule has 0 aliphatic carbocycles. The molecule has 0 aliphatic rings. The topological polar surface area (TPSA) is 62.1 Å². The highest BCUT2D eigenvalue weighted by atomic mass is 32.2. The second-order valence-corrected chi connectivity index (χ2v) is 6.70. The van der Waals surface area contributed by atoms with Gasteiger partial charge < -0.3 is 10.1 Å². The van der Waals surface area contributed by atoms with Gasteiger partial charge in [-0.1, -0.05) is 12.1 Å². The zero-order valence-electron chi connectivity index (χ0n) is 13.0. The molecule has 0 heterocycles. The van der Waals surface area contributed by atoms with Gasteiger partial charge in [0, 0.05) is 0 Å². The van der Waals surface area contributed by atoms with Crippen LogP contribution in [0.4, 0.5) is 4.79 Å². The van der Waals surface area contributed by atoms with E-state index in [1.165, 1.54) is 0 Å². The molecule has 1 aromatic rings. The lowest BCUT2D eigenvalue weighted by atomic mass is 10.0. The monoisotopic (exact) mass is 306 g/mol. The predicted molar refractivity (Wildman–Crippen MR) is 86.3 cm³/mol. The zero-order valence-corrected chi connectivity index (χ0v) is 13.8. The Morgan fingerprint density at radius 2 is 2.00 bits per heavy atom. The van der Waals surface area contributed by atoms with Gasteiger partial charge in [0.05, 0.1) is 17.7 Å². The molecule has 0 saturated carbocycles. The van der Waals surface area contributed by atoms with Gasteiger partial charge in [0.15, 0.2) is 0 Å². The van der Waals surface area contributed by atoms with E-state index in [0.717, 1.165) is 17.7 Å². The van der Waals surface area contributed by atoms with E-state index in [9.17, 15) is 4.79 Å². The van der Waals surface area contributed by atoms with E-state index in [2.05, 4.69) is 11.4 Å². The van der Waals surface area contributed by atoms with E-state index in [0.29, 0.717) is 5.56 Å². The SMILES string of the molecule is CSCCC(NC(=O)OC(C)(C)C)c1ccc(C#N)cc1. The number of nitrogens with zero attached hydrogens (tertiary/aromatic N) is 1. The van der Waals surface area contributed by atoms with Gasteiger partial charge in [-0.2, -0.15) is 17.0 Å². The molecule has 0 bridgehead atoms. The second kappa shape index (κ2) is 7.94. The molecule has 1 aromatic carbocycles. The maximum Gasteiger partial charge on any atom is 0.408 e. The number of ether oxygens (including phenoxy) is 1. The quantitative estimate of drug-likeness (QED) is 0.896. The van der Waals surface area contributed by atoms with Crippen LogP contribution in [0.2, 0.25) is 0 Å². The average Bonchev–Trinajstić information content (AvgIpc) is 2.41. The molecule has 0 spiro atoms. The van der Waals surface area contributed by atoms with Gasteiger partial charge in [0.25, 0.3) is 0 Å². The molecule has 1 N–H and O–H groups in total. The van der Waals surface area contributed by atoms with E-state index in [-0.39, 0.29) is 6.04 Å². The molecule has 0 aromatic heterocycles. The van der Waals surface area contributed by atoms with Crippen LogP contribution in [-0.4, -0.2) is 23.7 Å². The molecule has 114 valence electrons. The van der Waals surface area contributed by atoms with E-state index in [1.54, 1.807) is 23.9 Å². The maximum absolute atomic E-state index is 11.9. The Morgan fingerprint density at radius 3 is 2.48 bits per heavy atom. The molecule has 0 fully saturated rings. The van der Waals surface area contributed by atoms with Crippen LogP contribution in [-0.2, 0) is 4.74 Å². The van der Waals surface area contributed by atoms with E-state index in [4.69, 9.17) is 10.00 Å². The summed E-state index contributed by atoms with van der Waals surface area (Å²) in [6, 6.07) is 9.26. The van der Waals surface area contributed by atoms with Crippen molar-refractivity contribution in [3.05, 3.63) is 35.4 Å². The van der Waals surface area contributed by atoms with Crippen LogP contribution in [0, 0.1) is 11.3 Å². The standard InChI is InChI=1S/C16H22N2O2S/c1-16(2,3)20-15(19)18-14(9-10-21-4)13-7-5-12(11-17)6-8-13/h5-8,14H,9-10H2,1-4H3,(H,18,19). The van der Waals surface area contributed by atoms with E-state index in [1.807, 2.05) is 39.2 Å². The van der Waals surface area contributed by atoms with Gasteiger partial charge in [-0.25, -0.2) is 4.79 Å². The summed E-state index contributed by atoms with van der Waals surface area (Å²) in [5, 5.41) is 11.7. The first-order valence-electron chi connectivity index (χ1n) is 6.84.